The van der Waals surface area contributed by atoms with Gasteiger partial charge in [-0.1, -0.05) is 0 Å². The van der Waals surface area contributed by atoms with Crippen molar-refractivity contribution in [1.82, 2.24) is 0 Å². The molecule has 1 saturated carbocycles. The minimum absolute atomic E-state index is 0.214. The van der Waals surface area contributed by atoms with E-state index in [1.165, 1.54) is 6.42 Å². The molecule has 58 valence electrons. The molecule has 3 nitrogen and oxygen atoms in total. The Kier molecular flexibility index (Phi) is 2.27. The van der Waals surface area contributed by atoms with Crippen LogP contribution in [0.5, 0.6) is 0 Å². The van der Waals surface area contributed by atoms with Gasteiger partial charge >= 0.3 is 5.97 Å². The first-order valence-corrected chi connectivity index (χ1v) is 3.58. The Morgan fingerprint density at radius 3 is 2.60 bits per heavy atom. The van der Waals surface area contributed by atoms with Crippen molar-refractivity contribution >= 4 is 5.97 Å². The highest BCUT2D eigenvalue weighted by atomic mass is 16.5. The molecule has 0 saturated heterocycles. The molecule has 1 rings (SSSR count). The zero-order chi connectivity index (χ0) is 7.56. The van der Waals surface area contributed by atoms with E-state index in [2.05, 4.69) is 0 Å². The first kappa shape index (κ1) is 7.54. The molecule has 1 aliphatic carbocycles. The molecule has 1 fully saturated rings. The molecule has 1 aliphatic rings. The van der Waals surface area contributed by atoms with Gasteiger partial charge in [0.1, 0.15) is 0 Å². The van der Waals surface area contributed by atoms with Crippen LogP contribution in [0.25, 0.3) is 0 Å². The Balaban J connectivity index is 2.16. The van der Waals surface area contributed by atoms with Crippen molar-refractivity contribution in [2.24, 2.45) is 0 Å². The highest BCUT2D eigenvalue weighted by molar-refractivity contribution is 5.71. The summed E-state index contributed by atoms with van der Waals surface area (Å²) in [5.41, 5.74) is 0. The van der Waals surface area contributed by atoms with Crippen LogP contribution in [0, 0.1) is 0 Å². The van der Waals surface area contributed by atoms with Gasteiger partial charge in [0.25, 0.3) is 0 Å². The maximum absolute atomic E-state index is 10.2. The van der Waals surface area contributed by atoms with Gasteiger partial charge in [-0.3, -0.25) is 0 Å². The second kappa shape index (κ2) is 3.01. The molecule has 1 unspecified atom stereocenters. The lowest BCUT2D eigenvalue weighted by molar-refractivity contribution is -0.155. The van der Waals surface area contributed by atoms with Gasteiger partial charge < -0.3 is 9.84 Å². The third-order valence-electron chi connectivity index (χ3n) is 1.80. The van der Waals surface area contributed by atoms with E-state index in [0.717, 1.165) is 12.8 Å². The molecule has 3 heteroatoms. The van der Waals surface area contributed by atoms with Crippen LogP contribution >= 0.6 is 0 Å². The molecule has 0 spiro atoms. The Hall–Kier alpha value is -0.570. The van der Waals surface area contributed by atoms with E-state index in [4.69, 9.17) is 9.84 Å². The van der Waals surface area contributed by atoms with Crippen LogP contribution in [0.4, 0.5) is 0 Å². The van der Waals surface area contributed by atoms with Crippen LogP contribution in [-0.2, 0) is 9.53 Å². The summed E-state index contributed by atoms with van der Waals surface area (Å²) in [6, 6.07) is 0. The summed E-state index contributed by atoms with van der Waals surface area (Å²) in [6.07, 6.45) is 2.81. The quantitative estimate of drug-likeness (QED) is 0.643. The van der Waals surface area contributed by atoms with Gasteiger partial charge in [-0.15, -0.1) is 0 Å². The smallest absolute Gasteiger partial charge is 0.332 e. The lowest BCUT2D eigenvalue weighted by atomic mass is 9.96. The van der Waals surface area contributed by atoms with Gasteiger partial charge in [0.2, 0.25) is 0 Å². The summed E-state index contributed by atoms with van der Waals surface area (Å²) < 4.78 is 5.15. The van der Waals surface area contributed by atoms with Crippen molar-refractivity contribution in [1.29, 1.82) is 0 Å². The van der Waals surface area contributed by atoms with Crippen LogP contribution < -0.4 is 0 Å². The number of ether oxygens (including phenoxy) is 1. The molecule has 0 aromatic heterocycles. The van der Waals surface area contributed by atoms with Crippen LogP contribution in [0.1, 0.15) is 26.2 Å². The Labute approximate surface area is 60.0 Å². The molecule has 1 atom stereocenters. The van der Waals surface area contributed by atoms with Gasteiger partial charge in [-0.05, 0) is 26.2 Å². The molecule has 0 amide bonds. The van der Waals surface area contributed by atoms with Crippen LogP contribution in [0.3, 0.4) is 0 Å². The fourth-order valence-corrected chi connectivity index (χ4v) is 0.854. The van der Waals surface area contributed by atoms with Crippen LogP contribution in [-0.4, -0.2) is 23.3 Å². The minimum Gasteiger partial charge on any atom is -0.479 e. The predicted molar refractivity (Wildman–Crippen MR) is 35.8 cm³/mol. The molecule has 0 heterocycles. The van der Waals surface area contributed by atoms with E-state index < -0.39 is 12.1 Å². The fourth-order valence-electron chi connectivity index (χ4n) is 0.854. The van der Waals surface area contributed by atoms with Gasteiger partial charge in [-0.25, -0.2) is 4.79 Å². The number of rotatable bonds is 3. The minimum atomic E-state index is -0.869. The van der Waals surface area contributed by atoms with E-state index in [9.17, 15) is 4.79 Å². The number of hydrogen-bond acceptors (Lipinski definition) is 2. The predicted octanol–water partition coefficient (Wildman–Crippen LogP) is 1.03. The summed E-state index contributed by atoms with van der Waals surface area (Å²) in [4.78, 5) is 10.2. The van der Waals surface area contributed by atoms with E-state index in [1.807, 2.05) is 0 Å². The monoisotopic (exact) mass is 144 g/mol. The number of hydrogen-bond donors (Lipinski definition) is 1. The number of carboxylic acid groups (broad SMARTS) is 1. The van der Waals surface area contributed by atoms with Gasteiger partial charge in [0, 0.05) is 0 Å². The lowest BCUT2D eigenvalue weighted by Crippen LogP contribution is -2.30. The maximum atomic E-state index is 10.2. The molecular formula is C7H12O3. The highest BCUT2D eigenvalue weighted by Gasteiger charge is 2.23. The van der Waals surface area contributed by atoms with Crippen molar-refractivity contribution in [3.05, 3.63) is 0 Å². The summed E-state index contributed by atoms with van der Waals surface area (Å²) >= 11 is 0. The average molecular weight is 144 g/mol. The van der Waals surface area contributed by atoms with Gasteiger partial charge in [0.05, 0.1) is 6.10 Å². The second-order valence-corrected chi connectivity index (χ2v) is 2.67. The summed E-state index contributed by atoms with van der Waals surface area (Å²) in [5.74, 6) is -0.869. The van der Waals surface area contributed by atoms with E-state index >= 15 is 0 Å². The number of carboxylic acids is 1. The Morgan fingerprint density at radius 1 is 1.70 bits per heavy atom. The standard InChI is InChI=1S/C7H12O3/c1-5(7(8)9)10-6-3-2-4-6/h5-6H,2-4H2,1H3,(H,8,9). The molecule has 0 aromatic carbocycles. The zero-order valence-corrected chi connectivity index (χ0v) is 6.04. The SMILES string of the molecule is CC(OC1CCC1)C(=O)O. The third kappa shape index (κ3) is 1.70. The first-order valence-electron chi connectivity index (χ1n) is 3.58. The fraction of sp³-hybridized carbons (Fsp3) is 0.857. The van der Waals surface area contributed by atoms with E-state index in [1.54, 1.807) is 6.92 Å². The van der Waals surface area contributed by atoms with E-state index in [0.29, 0.717) is 0 Å². The van der Waals surface area contributed by atoms with Gasteiger partial charge in [-0.2, -0.15) is 0 Å². The van der Waals surface area contributed by atoms with Crippen molar-refractivity contribution in [2.75, 3.05) is 0 Å². The number of carbonyl (C=O) groups is 1. The molecule has 0 bridgehead atoms. The summed E-state index contributed by atoms with van der Waals surface area (Å²) in [6.45, 7) is 1.57. The van der Waals surface area contributed by atoms with Crippen molar-refractivity contribution in [2.45, 2.75) is 38.4 Å². The maximum Gasteiger partial charge on any atom is 0.332 e. The number of aliphatic carboxylic acids is 1. The Morgan fingerprint density at radius 2 is 2.30 bits per heavy atom. The third-order valence-corrected chi connectivity index (χ3v) is 1.80. The molecule has 0 aromatic rings. The second-order valence-electron chi connectivity index (χ2n) is 2.67. The topological polar surface area (TPSA) is 46.5 Å². The normalized spacial score (nSPS) is 21.7. The van der Waals surface area contributed by atoms with Crippen LogP contribution in [0.15, 0.2) is 0 Å². The summed E-state index contributed by atoms with van der Waals surface area (Å²) in [7, 11) is 0. The van der Waals surface area contributed by atoms with Gasteiger partial charge in [0.15, 0.2) is 6.10 Å². The first-order chi connectivity index (χ1) is 4.70. The van der Waals surface area contributed by atoms with Crippen molar-refractivity contribution in [3.8, 4) is 0 Å². The largest absolute Gasteiger partial charge is 0.479 e. The summed E-state index contributed by atoms with van der Waals surface area (Å²) in [5, 5.41) is 8.43. The molecule has 1 N–H and O–H groups in total. The van der Waals surface area contributed by atoms with Crippen molar-refractivity contribution in [3.63, 3.8) is 0 Å². The molecular weight excluding hydrogens is 132 g/mol. The molecule has 0 radical (unpaired) electrons. The Bertz CT molecular complexity index is 129. The molecule has 10 heavy (non-hydrogen) atoms. The molecule has 0 aliphatic heterocycles. The van der Waals surface area contributed by atoms with Crippen molar-refractivity contribution < 1.29 is 14.6 Å². The van der Waals surface area contributed by atoms with E-state index in [-0.39, 0.29) is 6.10 Å². The average Bonchev–Trinajstić information content (AvgIpc) is 1.77. The lowest BCUT2D eigenvalue weighted by Gasteiger charge is -2.27. The zero-order valence-electron chi connectivity index (χ0n) is 6.04. The highest BCUT2D eigenvalue weighted by Crippen LogP contribution is 2.23. The van der Waals surface area contributed by atoms with Crippen LogP contribution in [0.2, 0.25) is 0 Å².